The van der Waals surface area contributed by atoms with Crippen molar-refractivity contribution in [1.29, 1.82) is 0 Å². The maximum absolute atomic E-state index is 10.5. The molecule has 152 valence electrons. The first kappa shape index (κ1) is 18.9. The Kier molecular flexibility index (Phi) is 5.26. The summed E-state index contributed by atoms with van der Waals surface area (Å²) >= 11 is 0. The van der Waals surface area contributed by atoms with Crippen LogP contribution in [-0.4, -0.2) is 40.8 Å². The Morgan fingerprint density at radius 3 is 2.73 bits per heavy atom. The third kappa shape index (κ3) is 4.11. The van der Waals surface area contributed by atoms with Gasteiger partial charge >= 0.3 is 0 Å². The molecule has 0 saturated heterocycles. The van der Waals surface area contributed by atoms with Crippen LogP contribution in [0.4, 0.5) is 0 Å². The molecule has 3 aromatic carbocycles. The summed E-state index contributed by atoms with van der Waals surface area (Å²) in [7, 11) is 0. The number of hydrogen-bond donors (Lipinski definition) is 2. The van der Waals surface area contributed by atoms with E-state index in [1.54, 1.807) is 0 Å². The summed E-state index contributed by atoms with van der Waals surface area (Å²) in [5.41, 5.74) is 6.16. The second-order valence-electron chi connectivity index (χ2n) is 8.03. The highest BCUT2D eigenvalue weighted by atomic mass is 16.5. The fraction of sp³-hybridized carbons (Fsp3) is 0.231. The molecule has 2 N–H and O–H groups in total. The molecule has 0 aliphatic carbocycles. The van der Waals surface area contributed by atoms with Gasteiger partial charge in [0.1, 0.15) is 18.5 Å². The fourth-order valence-corrected chi connectivity index (χ4v) is 4.25. The van der Waals surface area contributed by atoms with Crippen molar-refractivity contribution in [2.45, 2.75) is 19.1 Å². The van der Waals surface area contributed by atoms with Gasteiger partial charge in [-0.1, -0.05) is 48.5 Å². The first-order valence-corrected chi connectivity index (χ1v) is 10.5. The number of rotatable bonds is 6. The topological polar surface area (TPSA) is 48.5 Å². The van der Waals surface area contributed by atoms with E-state index in [0.717, 1.165) is 41.9 Å². The number of ether oxygens (including phenoxy) is 1. The van der Waals surface area contributed by atoms with Crippen LogP contribution in [0.2, 0.25) is 0 Å². The molecular weight excluding hydrogens is 372 g/mol. The highest BCUT2D eigenvalue weighted by Gasteiger charge is 2.18. The summed E-state index contributed by atoms with van der Waals surface area (Å²) in [5, 5.41) is 11.7. The lowest BCUT2D eigenvalue weighted by Gasteiger charge is -2.30. The molecule has 0 spiro atoms. The molecule has 1 aliphatic heterocycles. The summed E-state index contributed by atoms with van der Waals surface area (Å²) < 4.78 is 5.93. The zero-order valence-electron chi connectivity index (χ0n) is 16.9. The standard InChI is InChI=1S/C26H26N2O2/c29-24(17-28-13-11-19-4-1-2-5-23(19)16-28)18-30-25-7-3-6-21(14-25)22-9-8-20-10-12-27-26(20)15-22/h1-10,12,14-15,24,27,29H,11,13,16-18H2. The smallest absolute Gasteiger partial charge is 0.120 e. The first-order valence-electron chi connectivity index (χ1n) is 10.5. The van der Waals surface area contributed by atoms with Crippen molar-refractivity contribution in [2.24, 2.45) is 0 Å². The number of nitrogens with one attached hydrogen (secondary N) is 1. The summed E-state index contributed by atoms with van der Waals surface area (Å²) in [6.07, 6.45) is 2.47. The second kappa shape index (κ2) is 8.34. The molecule has 0 amide bonds. The van der Waals surface area contributed by atoms with Gasteiger partial charge in [-0.05, 0) is 58.3 Å². The van der Waals surface area contributed by atoms with Crippen LogP contribution in [0.1, 0.15) is 11.1 Å². The lowest BCUT2D eigenvalue weighted by molar-refractivity contribution is 0.0638. The van der Waals surface area contributed by atoms with Crippen LogP contribution in [0.3, 0.4) is 0 Å². The predicted octanol–water partition coefficient (Wildman–Crippen LogP) is 4.63. The lowest BCUT2D eigenvalue weighted by atomic mass is 10.00. The minimum atomic E-state index is -0.519. The van der Waals surface area contributed by atoms with Crippen LogP contribution >= 0.6 is 0 Å². The molecule has 1 atom stereocenters. The Balaban J connectivity index is 1.20. The quantitative estimate of drug-likeness (QED) is 0.498. The van der Waals surface area contributed by atoms with Crippen LogP contribution < -0.4 is 4.74 Å². The van der Waals surface area contributed by atoms with E-state index in [2.05, 4.69) is 64.5 Å². The number of fused-ring (bicyclic) bond motifs is 2. The zero-order valence-corrected chi connectivity index (χ0v) is 16.9. The van der Waals surface area contributed by atoms with Crippen LogP contribution in [0, 0.1) is 0 Å². The second-order valence-corrected chi connectivity index (χ2v) is 8.03. The van der Waals surface area contributed by atoms with Crippen molar-refractivity contribution in [3.63, 3.8) is 0 Å². The van der Waals surface area contributed by atoms with E-state index in [0.29, 0.717) is 6.54 Å². The average Bonchev–Trinajstić information content (AvgIpc) is 3.26. The summed E-state index contributed by atoms with van der Waals surface area (Å²) in [6.45, 7) is 2.78. The summed E-state index contributed by atoms with van der Waals surface area (Å²) in [4.78, 5) is 5.56. The molecular formula is C26H26N2O2. The maximum Gasteiger partial charge on any atom is 0.120 e. The van der Waals surface area contributed by atoms with E-state index in [-0.39, 0.29) is 6.61 Å². The Bertz CT molecular complexity index is 1150. The highest BCUT2D eigenvalue weighted by molar-refractivity contribution is 5.84. The van der Waals surface area contributed by atoms with Gasteiger partial charge in [0.2, 0.25) is 0 Å². The zero-order chi connectivity index (χ0) is 20.3. The molecule has 1 unspecified atom stereocenters. The van der Waals surface area contributed by atoms with E-state index in [1.165, 1.54) is 16.5 Å². The number of aliphatic hydroxyl groups excluding tert-OH is 1. The number of β-amino-alcohol motifs (C(OH)–C–C–N with tert-alkyl or cyclic N) is 1. The minimum Gasteiger partial charge on any atom is -0.491 e. The van der Waals surface area contributed by atoms with Gasteiger partial charge in [0, 0.05) is 31.3 Å². The van der Waals surface area contributed by atoms with Crippen LogP contribution in [0.5, 0.6) is 5.75 Å². The SMILES string of the molecule is OC(COc1cccc(-c2ccc3cc[nH]c3c2)c1)CN1CCc2ccccc2C1. The molecule has 30 heavy (non-hydrogen) atoms. The van der Waals surface area contributed by atoms with Crippen LogP contribution in [-0.2, 0) is 13.0 Å². The molecule has 1 aliphatic rings. The fourth-order valence-electron chi connectivity index (χ4n) is 4.25. The number of aliphatic hydroxyl groups is 1. The van der Waals surface area contributed by atoms with Crippen molar-refractivity contribution in [3.05, 3.63) is 90.1 Å². The van der Waals surface area contributed by atoms with Crippen molar-refractivity contribution >= 4 is 10.9 Å². The van der Waals surface area contributed by atoms with Gasteiger partial charge in [-0.25, -0.2) is 0 Å². The number of H-pyrrole nitrogens is 1. The molecule has 4 nitrogen and oxygen atoms in total. The molecule has 1 aromatic heterocycles. The lowest BCUT2D eigenvalue weighted by Crippen LogP contribution is -2.38. The van der Waals surface area contributed by atoms with E-state index in [9.17, 15) is 5.11 Å². The van der Waals surface area contributed by atoms with Crippen molar-refractivity contribution in [1.82, 2.24) is 9.88 Å². The van der Waals surface area contributed by atoms with Gasteiger partial charge in [0.05, 0.1) is 0 Å². The Morgan fingerprint density at radius 1 is 0.933 bits per heavy atom. The highest BCUT2D eigenvalue weighted by Crippen LogP contribution is 2.27. The van der Waals surface area contributed by atoms with E-state index < -0.39 is 6.10 Å². The molecule has 0 saturated carbocycles. The monoisotopic (exact) mass is 398 g/mol. The first-order chi connectivity index (χ1) is 14.7. The molecule has 0 bridgehead atoms. The normalized spacial score (nSPS) is 15.1. The predicted molar refractivity (Wildman–Crippen MR) is 121 cm³/mol. The van der Waals surface area contributed by atoms with E-state index >= 15 is 0 Å². The van der Waals surface area contributed by atoms with Gasteiger partial charge in [-0.15, -0.1) is 0 Å². The third-order valence-electron chi connectivity index (χ3n) is 5.84. The average molecular weight is 399 g/mol. The molecule has 0 radical (unpaired) electrons. The summed E-state index contributed by atoms with van der Waals surface area (Å²) in [5.74, 6) is 0.780. The third-order valence-corrected chi connectivity index (χ3v) is 5.84. The van der Waals surface area contributed by atoms with E-state index in [1.807, 2.05) is 24.4 Å². The Labute approximate surface area is 176 Å². The maximum atomic E-state index is 10.5. The largest absolute Gasteiger partial charge is 0.491 e. The summed E-state index contributed by atoms with van der Waals surface area (Å²) in [6, 6.07) is 25.1. The van der Waals surface area contributed by atoms with Crippen molar-refractivity contribution in [3.8, 4) is 16.9 Å². The van der Waals surface area contributed by atoms with Gasteiger partial charge in [-0.2, -0.15) is 0 Å². The van der Waals surface area contributed by atoms with Gasteiger partial charge in [-0.3, -0.25) is 4.90 Å². The Hall–Kier alpha value is -3.08. The van der Waals surface area contributed by atoms with E-state index in [4.69, 9.17) is 4.74 Å². The Morgan fingerprint density at radius 2 is 1.80 bits per heavy atom. The number of aromatic amines is 1. The van der Waals surface area contributed by atoms with Crippen molar-refractivity contribution in [2.75, 3.05) is 19.7 Å². The molecule has 4 heteroatoms. The number of nitrogens with zero attached hydrogens (tertiary/aromatic N) is 1. The van der Waals surface area contributed by atoms with Crippen molar-refractivity contribution < 1.29 is 9.84 Å². The minimum absolute atomic E-state index is 0.289. The molecule has 5 rings (SSSR count). The van der Waals surface area contributed by atoms with Gasteiger partial charge in [0.15, 0.2) is 0 Å². The number of hydrogen-bond acceptors (Lipinski definition) is 3. The van der Waals surface area contributed by atoms with Gasteiger partial charge < -0.3 is 14.8 Å². The number of aromatic nitrogens is 1. The number of benzene rings is 3. The van der Waals surface area contributed by atoms with Crippen LogP contribution in [0.15, 0.2) is 79.0 Å². The molecule has 2 heterocycles. The molecule has 4 aromatic rings. The van der Waals surface area contributed by atoms with Gasteiger partial charge in [0.25, 0.3) is 0 Å². The van der Waals surface area contributed by atoms with Crippen LogP contribution in [0.25, 0.3) is 22.0 Å². The molecule has 0 fully saturated rings.